The summed E-state index contributed by atoms with van der Waals surface area (Å²) in [6, 6.07) is 2.58. The Morgan fingerprint density at radius 2 is 2.22 bits per heavy atom. The van der Waals surface area contributed by atoms with Crippen LogP contribution in [0.1, 0.15) is 45.1 Å². The van der Waals surface area contributed by atoms with Crippen molar-refractivity contribution in [2.45, 2.75) is 58.7 Å². The first kappa shape index (κ1) is 13.6. The van der Waals surface area contributed by atoms with Gasteiger partial charge in [-0.15, -0.1) is 0 Å². The van der Waals surface area contributed by atoms with Gasteiger partial charge >= 0.3 is 0 Å². The van der Waals surface area contributed by atoms with Gasteiger partial charge in [0.2, 0.25) is 0 Å². The van der Waals surface area contributed by atoms with E-state index < -0.39 is 0 Å². The first-order chi connectivity index (χ1) is 8.58. The Bertz CT molecular complexity index is 384. The topological polar surface area (TPSA) is 41.3 Å². The molecule has 0 bridgehead atoms. The van der Waals surface area contributed by atoms with E-state index in [1.54, 1.807) is 0 Å². The van der Waals surface area contributed by atoms with E-state index in [0.29, 0.717) is 6.04 Å². The molecule has 0 aromatic carbocycles. The standard InChI is InChI=1S/C14H25N3O/c1-5-14(6-2)10-17(12(4)8-15-14)9-13-7-11(3)16-18-13/h7,12,15H,5-6,8-10H2,1-4H3. The summed E-state index contributed by atoms with van der Waals surface area (Å²) in [6.07, 6.45) is 2.34. The van der Waals surface area contributed by atoms with Crippen LogP contribution in [0.2, 0.25) is 0 Å². The second-order valence-electron chi connectivity index (χ2n) is 5.56. The third-order valence-electron chi connectivity index (χ3n) is 4.29. The van der Waals surface area contributed by atoms with Crippen LogP contribution in [0.15, 0.2) is 10.6 Å². The van der Waals surface area contributed by atoms with Crippen LogP contribution in [0, 0.1) is 6.92 Å². The van der Waals surface area contributed by atoms with Gasteiger partial charge in [-0.3, -0.25) is 4.90 Å². The minimum atomic E-state index is 0.265. The van der Waals surface area contributed by atoms with E-state index in [1.165, 1.54) is 12.8 Å². The Hall–Kier alpha value is -0.870. The molecular weight excluding hydrogens is 226 g/mol. The molecule has 1 fully saturated rings. The molecule has 0 spiro atoms. The number of hydrogen-bond donors (Lipinski definition) is 1. The molecule has 1 aromatic rings. The SMILES string of the molecule is CCC1(CC)CN(Cc2cc(C)no2)C(C)CN1. The minimum Gasteiger partial charge on any atom is -0.360 e. The van der Waals surface area contributed by atoms with E-state index in [-0.39, 0.29) is 5.54 Å². The Kier molecular flexibility index (Phi) is 4.07. The first-order valence-electron chi connectivity index (χ1n) is 7.00. The fourth-order valence-electron chi connectivity index (χ4n) is 2.72. The van der Waals surface area contributed by atoms with Gasteiger partial charge in [-0.25, -0.2) is 0 Å². The molecule has 1 unspecified atom stereocenters. The number of aromatic nitrogens is 1. The van der Waals surface area contributed by atoms with E-state index in [9.17, 15) is 0 Å². The van der Waals surface area contributed by atoms with Crippen LogP contribution in [0.25, 0.3) is 0 Å². The van der Waals surface area contributed by atoms with Crippen molar-refractivity contribution in [3.05, 3.63) is 17.5 Å². The number of nitrogens with zero attached hydrogens (tertiary/aromatic N) is 2. The highest BCUT2D eigenvalue weighted by Gasteiger charge is 2.35. The third kappa shape index (κ3) is 2.75. The summed E-state index contributed by atoms with van der Waals surface area (Å²) in [5.41, 5.74) is 1.23. The predicted molar refractivity (Wildman–Crippen MR) is 72.4 cm³/mol. The van der Waals surface area contributed by atoms with E-state index >= 15 is 0 Å². The van der Waals surface area contributed by atoms with Crippen molar-refractivity contribution in [1.82, 2.24) is 15.4 Å². The first-order valence-corrected chi connectivity index (χ1v) is 7.00. The molecule has 1 saturated heterocycles. The van der Waals surface area contributed by atoms with Gasteiger partial charge in [-0.1, -0.05) is 19.0 Å². The molecule has 2 rings (SSSR count). The summed E-state index contributed by atoms with van der Waals surface area (Å²) in [4.78, 5) is 2.50. The fourth-order valence-corrected chi connectivity index (χ4v) is 2.72. The molecule has 2 heterocycles. The van der Waals surface area contributed by atoms with E-state index in [1.807, 2.05) is 13.0 Å². The molecule has 0 radical (unpaired) electrons. The average Bonchev–Trinajstić information content (AvgIpc) is 2.78. The van der Waals surface area contributed by atoms with Crippen LogP contribution < -0.4 is 5.32 Å². The number of rotatable bonds is 4. The van der Waals surface area contributed by atoms with Crippen LogP contribution in [0.3, 0.4) is 0 Å². The Labute approximate surface area is 110 Å². The number of aryl methyl sites for hydroxylation is 1. The van der Waals surface area contributed by atoms with E-state index in [0.717, 1.165) is 31.1 Å². The highest BCUT2D eigenvalue weighted by Crippen LogP contribution is 2.24. The second-order valence-corrected chi connectivity index (χ2v) is 5.56. The molecule has 0 aliphatic carbocycles. The average molecular weight is 251 g/mol. The van der Waals surface area contributed by atoms with Crippen LogP contribution >= 0.6 is 0 Å². The molecule has 102 valence electrons. The van der Waals surface area contributed by atoms with Gasteiger partial charge < -0.3 is 9.84 Å². The summed E-state index contributed by atoms with van der Waals surface area (Å²) in [7, 11) is 0. The Morgan fingerprint density at radius 1 is 1.50 bits per heavy atom. The zero-order chi connectivity index (χ0) is 13.2. The zero-order valence-electron chi connectivity index (χ0n) is 12.0. The smallest absolute Gasteiger partial charge is 0.150 e. The van der Waals surface area contributed by atoms with Gasteiger partial charge in [0.25, 0.3) is 0 Å². The zero-order valence-corrected chi connectivity index (χ0v) is 12.0. The molecule has 1 N–H and O–H groups in total. The quantitative estimate of drug-likeness (QED) is 0.892. The van der Waals surface area contributed by atoms with Crippen molar-refractivity contribution in [2.75, 3.05) is 13.1 Å². The van der Waals surface area contributed by atoms with E-state index in [2.05, 4.69) is 36.1 Å². The minimum absolute atomic E-state index is 0.265. The van der Waals surface area contributed by atoms with Gasteiger partial charge in [0.15, 0.2) is 5.76 Å². The molecule has 18 heavy (non-hydrogen) atoms. The molecule has 4 nitrogen and oxygen atoms in total. The highest BCUT2D eigenvalue weighted by molar-refractivity contribution is 5.05. The number of nitrogens with one attached hydrogen (secondary N) is 1. The molecule has 1 atom stereocenters. The van der Waals surface area contributed by atoms with Crippen LogP contribution in [-0.2, 0) is 6.54 Å². The summed E-state index contributed by atoms with van der Waals surface area (Å²) in [6.45, 7) is 11.8. The normalized spacial score (nSPS) is 24.3. The molecule has 1 aliphatic rings. The van der Waals surface area contributed by atoms with Gasteiger partial charge in [0, 0.05) is 30.7 Å². The highest BCUT2D eigenvalue weighted by atomic mass is 16.5. The van der Waals surface area contributed by atoms with Crippen molar-refractivity contribution in [2.24, 2.45) is 0 Å². The van der Waals surface area contributed by atoms with Crippen LogP contribution in [0.4, 0.5) is 0 Å². The summed E-state index contributed by atoms with van der Waals surface area (Å²) in [5, 5.41) is 7.68. The summed E-state index contributed by atoms with van der Waals surface area (Å²) < 4.78 is 5.34. The van der Waals surface area contributed by atoms with Crippen molar-refractivity contribution in [1.29, 1.82) is 0 Å². The molecule has 0 saturated carbocycles. The molecule has 1 aliphatic heterocycles. The lowest BCUT2D eigenvalue weighted by Gasteiger charge is -2.46. The maximum Gasteiger partial charge on any atom is 0.150 e. The van der Waals surface area contributed by atoms with Crippen molar-refractivity contribution >= 4 is 0 Å². The Balaban J connectivity index is 2.05. The molecule has 4 heteroatoms. The van der Waals surface area contributed by atoms with Gasteiger partial charge in [-0.2, -0.15) is 0 Å². The predicted octanol–water partition coefficient (Wildman–Crippen LogP) is 2.34. The number of piperazine rings is 1. The summed E-state index contributed by atoms with van der Waals surface area (Å²) >= 11 is 0. The lowest BCUT2D eigenvalue weighted by Crippen LogP contribution is -2.62. The largest absolute Gasteiger partial charge is 0.360 e. The van der Waals surface area contributed by atoms with Crippen molar-refractivity contribution in [3.8, 4) is 0 Å². The third-order valence-corrected chi connectivity index (χ3v) is 4.29. The maximum atomic E-state index is 5.34. The fraction of sp³-hybridized carbons (Fsp3) is 0.786. The molecule has 1 aromatic heterocycles. The van der Waals surface area contributed by atoms with Gasteiger partial charge in [0.1, 0.15) is 0 Å². The monoisotopic (exact) mass is 251 g/mol. The van der Waals surface area contributed by atoms with Crippen LogP contribution in [0.5, 0.6) is 0 Å². The Morgan fingerprint density at radius 3 is 2.78 bits per heavy atom. The van der Waals surface area contributed by atoms with Crippen molar-refractivity contribution in [3.63, 3.8) is 0 Å². The van der Waals surface area contributed by atoms with Gasteiger partial charge in [0.05, 0.1) is 12.2 Å². The summed E-state index contributed by atoms with van der Waals surface area (Å²) in [5.74, 6) is 0.974. The lowest BCUT2D eigenvalue weighted by molar-refractivity contribution is 0.0671. The molecule has 0 amide bonds. The lowest BCUT2D eigenvalue weighted by atomic mass is 9.88. The van der Waals surface area contributed by atoms with E-state index in [4.69, 9.17) is 4.52 Å². The van der Waals surface area contributed by atoms with Gasteiger partial charge in [-0.05, 0) is 26.7 Å². The maximum absolute atomic E-state index is 5.34. The van der Waals surface area contributed by atoms with Crippen molar-refractivity contribution < 1.29 is 4.52 Å². The van der Waals surface area contributed by atoms with Crippen LogP contribution in [-0.4, -0.2) is 34.7 Å². The second kappa shape index (κ2) is 5.41. The molecular formula is C14H25N3O. The number of hydrogen-bond acceptors (Lipinski definition) is 4.